The molecule has 1 saturated carbocycles. The zero-order valence-electron chi connectivity index (χ0n) is 12.6. The van der Waals surface area contributed by atoms with E-state index in [4.69, 9.17) is 0 Å². The van der Waals surface area contributed by atoms with Crippen molar-refractivity contribution in [3.8, 4) is 0 Å². The van der Waals surface area contributed by atoms with Crippen LogP contribution in [0.4, 0.5) is 87.8 Å². The molecule has 0 unspecified atom stereocenters. The average Bonchev–Trinajstić information content (AvgIpc) is 2.44. The summed E-state index contributed by atoms with van der Waals surface area (Å²) in [5, 5.41) is 0. The Bertz CT molecular complexity index is 622. The van der Waals surface area contributed by atoms with Crippen LogP contribution in [-0.2, 0) is 0 Å². The van der Waals surface area contributed by atoms with Gasteiger partial charge in [-0.1, -0.05) is 0 Å². The fourth-order valence-corrected chi connectivity index (χ4v) is 2.69. The van der Waals surface area contributed by atoms with Crippen LogP contribution >= 0.6 is 0 Å². The number of hydrogen-bond acceptors (Lipinski definition) is 0. The monoisotopic (exact) mass is 500 g/mol. The van der Waals surface area contributed by atoms with Crippen molar-refractivity contribution >= 4 is 0 Å². The van der Waals surface area contributed by atoms with Gasteiger partial charge in [0.25, 0.3) is 0 Å². The Morgan fingerprint density at radius 2 is 0.533 bits per heavy atom. The predicted octanol–water partition coefficient (Wildman–Crippen LogP) is 6.56. The molecule has 0 saturated heterocycles. The molecule has 0 N–H and O–H groups in total. The lowest BCUT2D eigenvalue weighted by Crippen LogP contribution is -2.79. The number of rotatable bonds is 2. The standard InChI is InChI=1S/C10F20/c11-2(4(14,15)6(18,19)7(20,21)5(2,16)17)3(12,13)1(8(22,23)24,9(25,26)27)10(28,29)30. The normalized spacial score (nSPS) is 26.0. The lowest BCUT2D eigenvalue weighted by molar-refractivity contribution is -0.505. The predicted molar refractivity (Wildman–Crippen MR) is 49.2 cm³/mol. The van der Waals surface area contributed by atoms with E-state index in [9.17, 15) is 87.8 Å². The van der Waals surface area contributed by atoms with Gasteiger partial charge in [0, 0.05) is 0 Å². The Hall–Kier alpha value is -1.40. The minimum atomic E-state index is -9.44. The van der Waals surface area contributed by atoms with Crippen LogP contribution in [0, 0.1) is 5.41 Å². The molecule has 0 bridgehead atoms. The van der Waals surface area contributed by atoms with E-state index in [0.29, 0.717) is 0 Å². The summed E-state index contributed by atoms with van der Waals surface area (Å²) in [6, 6.07) is 0. The van der Waals surface area contributed by atoms with Gasteiger partial charge in [0.2, 0.25) is 0 Å². The Morgan fingerprint density at radius 3 is 0.700 bits per heavy atom. The van der Waals surface area contributed by atoms with Crippen LogP contribution in [-0.4, -0.2) is 53.8 Å². The lowest BCUT2D eigenvalue weighted by Gasteiger charge is -2.48. The van der Waals surface area contributed by atoms with Crippen molar-refractivity contribution in [3.63, 3.8) is 0 Å². The third-order valence-electron chi connectivity index (χ3n) is 4.23. The van der Waals surface area contributed by atoms with Crippen molar-refractivity contribution in [2.75, 3.05) is 0 Å². The fraction of sp³-hybridized carbons (Fsp3) is 1.00. The Labute approximate surface area is 148 Å². The van der Waals surface area contributed by atoms with Crippen LogP contribution in [0.5, 0.6) is 0 Å². The topological polar surface area (TPSA) is 0 Å². The van der Waals surface area contributed by atoms with Crippen LogP contribution in [0.3, 0.4) is 0 Å². The molecule has 0 aromatic heterocycles. The lowest BCUT2D eigenvalue weighted by atomic mass is 9.69. The smallest absolute Gasteiger partial charge is 0.223 e. The number of hydrogen-bond donors (Lipinski definition) is 0. The summed E-state index contributed by atoms with van der Waals surface area (Å²) in [4.78, 5) is 0. The number of halogens is 20. The molecule has 20 heteroatoms. The Kier molecular flexibility index (Phi) is 5.05. The van der Waals surface area contributed by atoms with Crippen molar-refractivity contribution < 1.29 is 87.8 Å². The summed E-state index contributed by atoms with van der Waals surface area (Å²) in [7, 11) is 0. The zero-order chi connectivity index (χ0) is 25.0. The third kappa shape index (κ3) is 2.22. The van der Waals surface area contributed by atoms with E-state index in [1.807, 2.05) is 0 Å². The van der Waals surface area contributed by atoms with Crippen LogP contribution < -0.4 is 0 Å². The maximum atomic E-state index is 14.0. The van der Waals surface area contributed by atoms with Gasteiger partial charge in [-0.15, -0.1) is 0 Å². The molecule has 30 heavy (non-hydrogen) atoms. The molecule has 0 heterocycles. The molecule has 0 radical (unpaired) electrons. The molecule has 0 nitrogen and oxygen atoms in total. The van der Waals surface area contributed by atoms with Crippen molar-refractivity contribution in [2.45, 2.75) is 53.8 Å². The van der Waals surface area contributed by atoms with E-state index in [2.05, 4.69) is 0 Å². The van der Waals surface area contributed by atoms with E-state index in [0.717, 1.165) is 0 Å². The fourth-order valence-electron chi connectivity index (χ4n) is 2.69. The average molecular weight is 500 g/mol. The number of alkyl halides is 20. The molecule has 1 aliphatic carbocycles. The molecule has 0 amide bonds. The van der Waals surface area contributed by atoms with E-state index in [1.54, 1.807) is 0 Å². The van der Waals surface area contributed by atoms with Gasteiger partial charge in [0.15, 0.2) is 0 Å². The highest BCUT2D eigenvalue weighted by atomic mass is 19.4. The summed E-state index contributed by atoms with van der Waals surface area (Å²) in [5.41, 5.74) is -18.3. The second kappa shape index (κ2) is 5.69. The highest BCUT2D eigenvalue weighted by Gasteiger charge is 3.11. The first-order valence-corrected chi connectivity index (χ1v) is 6.28. The van der Waals surface area contributed by atoms with E-state index in [-0.39, 0.29) is 0 Å². The van der Waals surface area contributed by atoms with Gasteiger partial charge in [-0.05, 0) is 0 Å². The maximum Gasteiger partial charge on any atom is 0.418 e. The Morgan fingerprint density at radius 1 is 0.333 bits per heavy atom. The van der Waals surface area contributed by atoms with Gasteiger partial charge >= 0.3 is 59.2 Å². The first kappa shape index (κ1) is 26.6. The second-order valence-corrected chi connectivity index (χ2v) is 5.77. The molecule has 1 aliphatic rings. The molecule has 0 aliphatic heterocycles. The minimum absolute atomic E-state index is 8.17. The first-order chi connectivity index (χ1) is 12.5. The van der Waals surface area contributed by atoms with Crippen molar-refractivity contribution in [2.24, 2.45) is 5.41 Å². The maximum absolute atomic E-state index is 14.0. The molecule has 180 valence electrons. The van der Waals surface area contributed by atoms with Crippen molar-refractivity contribution in [3.05, 3.63) is 0 Å². The molecule has 0 atom stereocenters. The summed E-state index contributed by atoms with van der Waals surface area (Å²) in [6.45, 7) is 0. The van der Waals surface area contributed by atoms with Crippen LogP contribution in [0.2, 0.25) is 0 Å². The molecule has 0 aromatic carbocycles. The molecule has 0 aromatic rings. The molecular weight excluding hydrogens is 500 g/mol. The molecular formula is C10F20. The van der Waals surface area contributed by atoms with Crippen molar-refractivity contribution in [1.82, 2.24) is 0 Å². The van der Waals surface area contributed by atoms with Gasteiger partial charge in [-0.2, -0.15) is 74.6 Å². The minimum Gasteiger partial charge on any atom is -0.223 e. The SMILES string of the molecule is FC(F)(F)C(C(F)(F)F)(C(F)(F)F)C(F)(F)C1(F)C(F)(F)C(F)(F)C(F)(F)C1(F)F. The molecule has 1 fully saturated rings. The first-order valence-electron chi connectivity index (χ1n) is 6.28. The van der Waals surface area contributed by atoms with E-state index < -0.39 is 59.2 Å². The van der Waals surface area contributed by atoms with E-state index in [1.165, 1.54) is 0 Å². The summed E-state index contributed by atoms with van der Waals surface area (Å²) in [5.74, 6) is -43.0. The highest BCUT2D eigenvalue weighted by Crippen LogP contribution is 2.78. The summed E-state index contributed by atoms with van der Waals surface area (Å²) >= 11 is 0. The van der Waals surface area contributed by atoms with Crippen LogP contribution in [0.25, 0.3) is 0 Å². The largest absolute Gasteiger partial charge is 0.418 e. The van der Waals surface area contributed by atoms with Gasteiger partial charge in [0.1, 0.15) is 0 Å². The van der Waals surface area contributed by atoms with Gasteiger partial charge in [0.05, 0.1) is 0 Å². The molecule has 0 spiro atoms. The Balaban J connectivity index is 4.37. The highest BCUT2D eigenvalue weighted by molar-refractivity contribution is 5.34. The third-order valence-corrected chi connectivity index (χ3v) is 4.23. The van der Waals surface area contributed by atoms with Gasteiger partial charge in [-0.3, -0.25) is 0 Å². The van der Waals surface area contributed by atoms with Crippen LogP contribution in [0.1, 0.15) is 0 Å². The van der Waals surface area contributed by atoms with Crippen LogP contribution in [0.15, 0.2) is 0 Å². The molecule has 1 rings (SSSR count). The van der Waals surface area contributed by atoms with Crippen molar-refractivity contribution in [1.29, 1.82) is 0 Å². The zero-order valence-corrected chi connectivity index (χ0v) is 12.6. The quantitative estimate of drug-likeness (QED) is 0.377. The van der Waals surface area contributed by atoms with Gasteiger partial charge < -0.3 is 0 Å². The summed E-state index contributed by atoms with van der Waals surface area (Å²) in [6.07, 6.45) is -26.3. The second-order valence-electron chi connectivity index (χ2n) is 5.77. The summed E-state index contributed by atoms with van der Waals surface area (Å²) < 4.78 is 260. The van der Waals surface area contributed by atoms with Gasteiger partial charge in [-0.25, -0.2) is 13.2 Å². The van der Waals surface area contributed by atoms with E-state index >= 15 is 0 Å².